The third kappa shape index (κ3) is 2.58. The molecule has 0 unspecified atom stereocenters. The number of ether oxygens (including phenoxy) is 1. The van der Waals surface area contributed by atoms with Crippen molar-refractivity contribution < 1.29 is 14.6 Å². The zero-order chi connectivity index (χ0) is 12.4. The summed E-state index contributed by atoms with van der Waals surface area (Å²) in [6.07, 6.45) is 2.03. The smallest absolute Gasteiger partial charge is 0.251 e. The van der Waals surface area contributed by atoms with E-state index in [9.17, 15) is 9.90 Å². The van der Waals surface area contributed by atoms with Gasteiger partial charge < -0.3 is 15.2 Å². The number of hydrogen-bond donors (Lipinski definition) is 2. The van der Waals surface area contributed by atoms with Gasteiger partial charge in [-0.2, -0.15) is 0 Å². The van der Waals surface area contributed by atoms with Crippen molar-refractivity contribution in [2.75, 3.05) is 7.11 Å². The van der Waals surface area contributed by atoms with Crippen molar-refractivity contribution in [1.29, 1.82) is 0 Å². The molecular weight excluding hydrogens is 218 g/mol. The standard InChI is InChI=1S/C13H17NO3/c1-8-5-10(15)3-4-12(8)13(16)14-9-6-11(7-9)17-2/h3-5,9,11,15H,6-7H2,1-2H3,(H,14,16). The maximum absolute atomic E-state index is 11.9. The molecule has 1 aliphatic rings. The molecule has 4 nitrogen and oxygen atoms in total. The average molecular weight is 235 g/mol. The van der Waals surface area contributed by atoms with Crippen LogP contribution in [0.15, 0.2) is 18.2 Å². The summed E-state index contributed by atoms with van der Waals surface area (Å²) < 4.78 is 5.16. The predicted molar refractivity (Wildman–Crippen MR) is 64.1 cm³/mol. The summed E-state index contributed by atoms with van der Waals surface area (Å²) in [5.41, 5.74) is 1.40. The lowest BCUT2D eigenvalue weighted by atomic mass is 9.89. The molecule has 0 heterocycles. The summed E-state index contributed by atoms with van der Waals surface area (Å²) >= 11 is 0. The predicted octanol–water partition coefficient (Wildman–Crippen LogP) is 1.61. The summed E-state index contributed by atoms with van der Waals surface area (Å²) in [6.45, 7) is 1.81. The Morgan fingerprint density at radius 1 is 1.47 bits per heavy atom. The van der Waals surface area contributed by atoms with Crippen molar-refractivity contribution in [1.82, 2.24) is 5.32 Å². The fraction of sp³-hybridized carbons (Fsp3) is 0.462. The molecule has 0 atom stereocenters. The molecule has 0 spiro atoms. The van der Waals surface area contributed by atoms with Crippen LogP contribution in [-0.4, -0.2) is 30.3 Å². The fourth-order valence-corrected chi connectivity index (χ4v) is 2.04. The Morgan fingerprint density at radius 2 is 2.18 bits per heavy atom. The van der Waals surface area contributed by atoms with Gasteiger partial charge in [-0.3, -0.25) is 4.79 Å². The van der Waals surface area contributed by atoms with Gasteiger partial charge in [0.25, 0.3) is 5.91 Å². The van der Waals surface area contributed by atoms with Crippen LogP contribution in [0.1, 0.15) is 28.8 Å². The van der Waals surface area contributed by atoms with Crippen molar-refractivity contribution in [2.24, 2.45) is 0 Å². The van der Waals surface area contributed by atoms with E-state index in [0.29, 0.717) is 5.56 Å². The number of phenolic OH excluding ortho intramolecular Hbond substituents is 1. The van der Waals surface area contributed by atoms with Crippen molar-refractivity contribution in [3.05, 3.63) is 29.3 Å². The van der Waals surface area contributed by atoms with E-state index in [0.717, 1.165) is 18.4 Å². The normalized spacial score (nSPS) is 22.9. The molecule has 17 heavy (non-hydrogen) atoms. The van der Waals surface area contributed by atoms with Gasteiger partial charge in [0.1, 0.15) is 5.75 Å². The van der Waals surface area contributed by atoms with E-state index in [1.807, 2.05) is 6.92 Å². The van der Waals surface area contributed by atoms with Gasteiger partial charge in [-0.15, -0.1) is 0 Å². The molecule has 1 aromatic rings. The van der Waals surface area contributed by atoms with Crippen molar-refractivity contribution in [3.8, 4) is 5.75 Å². The van der Waals surface area contributed by atoms with Gasteiger partial charge in [-0.05, 0) is 43.5 Å². The van der Waals surface area contributed by atoms with E-state index < -0.39 is 0 Å². The van der Waals surface area contributed by atoms with E-state index in [2.05, 4.69) is 5.32 Å². The van der Waals surface area contributed by atoms with E-state index >= 15 is 0 Å². The first-order valence-corrected chi connectivity index (χ1v) is 5.73. The highest BCUT2D eigenvalue weighted by atomic mass is 16.5. The molecule has 0 radical (unpaired) electrons. The minimum atomic E-state index is -0.0814. The molecule has 1 aromatic carbocycles. The van der Waals surface area contributed by atoms with E-state index in [-0.39, 0.29) is 23.8 Å². The number of nitrogens with one attached hydrogen (secondary N) is 1. The molecule has 0 aliphatic heterocycles. The number of carbonyl (C=O) groups excluding carboxylic acids is 1. The lowest BCUT2D eigenvalue weighted by molar-refractivity contribution is 0.0176. The topological polar surface area (TPSA) is 58.6 Å². The van der Waals surface area contributed by atoms with E-state index in [1.54, 1.807) is 19.2 Å². The Kier molecular flexibility index (Phi) is 3.33. The van der Waals surface area contributed by atoms with Crippen molar-refractivity contribution >= 4 is 5.91 Å². The van der Waals surface area contributed by atoms with Crippen LogP contribution in [0.2, 0.25) is 0 Å². The van der Waals surface area contributed by atoms with Crippen LogP contribution < -0.4 is 5.32 Å². The molecule has 1 amide bonds. The molecular formula is C13H17NO3. The maximum atomic E-state index is 11.9. The first kappa shape index (κ1) is 11.9. The second-order valence-electron chi connectivity index (χ2n) is 4.50. The number of phenols is 1. The SMILES string of the molecule is COC1CC(NC(=O)c2ccc(O)cc2C)C1. The minimum Gasteiger partial charge on any atom is -0.508 e. The molecule has 2 rings (SSSR count). The highest BCUT2D eigenvalue weighted by molar-refractivity contribution is 5.96. The number of aryl methyl sites for hydroxylation is 1. The highest BCUT2D eigenvalue weighted by Crippen LogP contribution is 2.23. The first-order chi connectivity index (χ1) is 8.10. The van der Waals surface area contributed by atoms with Gasteiger partial charge in [0.05, 0.1) is 6.10 Å². The summed E-state index contributed by atoms with van der Waals surface area (Å²) in [5, 5.41) is 12.2. The number of hydrogen-bond acceptors (Lipinski definition) is 3. The Balaban J connectivity index is 1.96. The lowest BCUT2D eigenvalue weighted by Crippen LogP contribution is -2.47. The maximum Gasteiger partial charge on any atom is 0.251 e. The number of carbonyl (C=O) groups is 1. The number of amides is 1. The largest absolute Gasteiger partial charge is 0.508 e. The van der Waals surface area contributed by atoms with E-state index in [1.165, 1.54) is 6.07 Å². The van der Waals surface area contributed by atoms with Crippen LogP contribution in [0, 0.1) is 6.92 Å². The van der Waals surface area contributed by atoms with Gasteiger partial charge in [-0.25, -0.2) is 0 Å². The van der Waals surface area contributed by atoms with Gasteiger partial charge in [0.15, 0.2) is 0 Å². The van der Waals surface area contributed by atoms with Crippen LogP contribution in [0.4, 0.5) is 0 Å². The lowest BCUT2D eigenvalue weighted by Gasteiger charge is -2.34. The molecule has 4 heteroatoms. The first-order valence-electron chi connectivity index (χ1n) is 5.73. The number of aromatic hydroxyl groups is 1. The fourth-order valence-electron chi connectivity index (χ4n) is 2.04. The van der Waals surface area contributed by atoms with Gasteiger partial charge in [0.2, 0.25) is 0 Å². The average Bonchev–Trinajstić information content (AvgIpc) is 2.22. The zero-order valence-corrected chi connectivity index (χ0v) is 10.1. The van der Waals surface area contributed by atoms with Crippen LogP contribution >= 0.6 is 0 Å². The minimum absolute atomic E-state index is 0.0814. The molecule has 92 valence electrons. The van der Waals surface area contributed by atoms with E-state index in [4.69, 9.17) is 4.74 Å². The van der Waals surface area contributed by atoms with Crippen LogP contribution in [0.3, 0.4) is 0 Å². The second kappa shape index (κ2) is 4.75. The third-order valence-corrected chi connectivity index (χ3v) is 3.22. The molecule has 0 saturated heterocycles. The van der Waals surface area contributed by atoms with Crippen molar-refractivity contribution in [3.63, 3.8) is 0 Å². The number of methoxy groups -OCH3 is 1. The molecule has 1 aliphatic carbocycles. The Morgan fingerprint density at radius 3 is 2.76 bits per heavy atom. The third-order valence-electron chi connectivity index (χ3n) is 3.22. The summed E-state index contributed by atoms with van der Waals surface area (Å²) in [4.78, 5) is 11.9. The number of rotatable bonds is 3. The Hall–Kier alpha value is -1.55. The van der Waals surface area contributed by atoms with Crippen LogP contribution in [0.25, 0.3) is 0 Å². The monoisotopic (exact) mass is 235 g/mol. The molecule has 0 aromatic heterocycles. The Labute approximate surface area is 101 Å². The summed E-state index contributed by atoms with van der Waals surface area (Å²) in [7, 11) is 1.69. The summed E-state index contributed by atoms with van der Waals surface area (Å²) in [5.74, 6) is 0.101. The second-order valence-corrected chi connectivity index (χ2v) is 4.50. The van der Waals surface area contributed by atoms with Gasteiger partial charge in [0, 0.05) is 18.7 Å². The molecule has 1 saturated carbocycles. The molecule has 0 bridgehead atoms. The van der Waals surface area contributed by atoms with Crippen molar-refractivity contribution in [2.45, 2.75) is 31.9 Å². The van der Waals surface area contributed by atoms with Gasteiger partial charge in [-0.1, -0.05) is 0 Å². The van der Waals surface area contributed by atoms with Crippen LogP contribution in [-0.2, 0) is 4.74 Å². The van der Waals surface area contributed by atoms with Crippen LogP contribution in [0.5, 0.6) is 5.75 Å². The van der Waals surface area contributed by atoms with Gasteiger partial charge >= 0.3 is 0 Å². The summed E-state index contributed by atoms with van der Waals surface area (Å²) in [6, 6.07) is 4.97. The zero-order valence-electron chi connectivity index (χ0n) is 10.1. The number of benzene rings is 1. The molecule has 1 fully saturated rings. The highest BCUT2D eigenvalue weighted by Gasteiger charge is 2.30. The Bertz CT molecular complexity index is 425. The molecule has 2 N–H and O–H groups in total. The quantitative estimate of drug-likeness (QED) is 0.836.